The summed E-state index contributed by atoms with van der Waals surface area (Å²) in [5, 5.41) is 3.54. The van der Waals surface area contributed by atoms with Crippen LogP contribution in [0.3, 0.4) is 0 Å². The highest BCUT2D eigenvalue weighted by molar-refractivity contribution is 8.00. The molecular weight excluding hydrogens is 328 g/mol. The summed E-state index contributed by atoms with van der Waals surface area (Å²) in [5.41, 5.74) is 3.98. The van der Waals surface area contributed by atoms with E-state index in [-0.39, 0.29) is 11.2 Å². The molecule has 0 bridgehead atoms. The topological polar surface area (TPSA) is 42.0 Å². The van der Waals surface area contributed by atoms with E-state index in [1.807, 2.05) is 80.6 Å². The SMILES string of the molecule is Cc1ccc(C)c(NC(=O)[C@H](Sc2ccccn2)c2ccccc2)c1. The number of hydrogen-bond acceptors (Lipinski definition) is 3. The molecule has 126 valence electrons. The number of carbonyl (C=O) groups excluding carboxylic acids is 1. The van der Waals surface area contributed by atoms with Crippen molar-refractivity contribution in [1.82, 2.24) is 4.98 Å². The van der Waals surface area contributed by atoms with Gasteiger partial charge in [-0.25, -0.2) is 4.98 Å². The normalized spacial score (nSPS) is 11.8. The molecule has 0 aliphatic heterocycles. The van der Waals surface area contributed by atoms with Gasteiger partial charge in [0.25, 0.3) is 0 Å². The van der Waals surface area contributed by atoms with E-state index in [9.17, 15) is 4.79 Å². The number of thioether (sulfide) groups is 1. The second kappa shape index (κ2) is 7.99. The summed E-state index contributed by atoms with van der Waals surface area (Å²) in [4.78, 5) is 17.4. The molecule has 1 N–H and O–H groups in total. The van der Waals surface area contributed by atoms with Gasteiger partial charge in [0.05, 0.1) is 5.03 Å². The summed E-state index contributed by atoms with van der Waals surface area (Å²) < 4.78 is 0. The van der Waals surface area contributed by atoms with Crippen molar-refractivity contribution in [2.24, 2.45) is 0 Å². The maximum absolute atomic E-state index is 13.0. The van der Waals surface area contributed by atoms with Gasteiger partial charge in [-0.3, -0.25) is 4.79 Å². The zero-order chi connectivity index (χ0) is 17.6. The second-order valence-corrected chi connectivity index (χ2v) is 7.01. The third-order valence-electron chi connectivity index (χ3n) is 3.87. The molecule has 4 heteroatoms. The van der Waals surface area contributed by atoms with Gasteiger partial charge in [-0.1, -0.05) is 60.3 Å². The molecule has 0 radical (unpaired) electrons. The van der Waals surface area contributed by atoms with Crippen LogP contribution in [0, 0.1) is 13.8 Å². The summed E-state index contributed by atoms with van der Waals surface area (Å²) in [6.07, 6.45) is 1.74. The van der Waals surface area contributed by atoms with Gasteiger partial charge in [0.15, 0.2) is 0 Å². The summed E-state index contributed by atoms with van der Waals surface area (Å²) >= 11 is 1.46. The Morgan fingerprint density at radius 2 is 1.76 bits per heavy atom. The Balaban J connectivity index is 1.88. The first kappa shape index (κ1) is 17.2. The molecular formula is C21H20N2OS. The first-order chi connectivity index (χ1) is 12.1. The molecule has 0 aliphatic rings. The van der Waals surface area contributed by atoms with Crippen LogP contribution in [-0.4, -0.2) is 10.9 Å². The lowest BCUT2D eigenvalue weighted by Crippen LogP contribution is -2.19. The number of amides is 1. The highest BCUT2D eigenvalue weighted by Gasteiger charge is 2.23. The molecule has 3 rings (SSSR count). The first-order valence-electron chi connectivity index (χ1n) is 8.14. The van der Waals surface area contributed by atoms with E-state index in [0.717, 1.165) is 27.4 Å². The van der Waals surface area contributed by atoms with Crippen molar-refractivity contribution in [3.05, 3.63) is 89.6 Å². The number of pyridine rings is 1. The number of benzene rings is 2. The molecule has 0 spiro atoms. The molecule has 1 heterocycles. The summed E-state index contributed by atoms with van der Waals surface area (Å²) in [5.74, 6) is -0.0458. The quantitative estimate of drug-likeness (QED) is 0.647. The highest BCUT2D eigenvalue weighted by Crippen LogP contribution is 2.35. The average Bonchev–Trinajstić information content (AvgIpc) is 2.64. The van der Waals surface area contributed by atoms with Crippen LogP contribution in [0.5, 0.6) is 0 Å². The van der Waals surface area contributed by atoms with Crippen molar-refractivity contribution in [2.75, 3.05) is 5.32 Å². The number of hydrogen-bond donors (Lipinski definition) is 1. The van der Waals surface area contributed by atoms with E-state index in [0.29, 0.717) is 0 Å². The molecule has 3 aromatic rings. The lowest BCUT2D eigenvalue weighted by molar-refractivity contribution is -0.115. The van der Waals surface area contributed by atoms with E-state index in [4.69, 9.17) is 0 Å². The Bertz CT molecular complexity index is 850. The van der Waals surface area contributed by atoms with Crippen molar-refractivity contribution in [3.63, 3.8) is 0 Å². The minimum absolute atomic E-state index is 0.0458. The average molecular weight is 348 g/mol. The van der Waals surface area contributed by atoms with Crippen molar-refractivity contribution < 1.29 is 4.79 Å². The van der Waals surface area contributed by atoms with Gasteiger partial charge < -0.3 is 5.32 Å². The summed E-state index contributed by atoms with van der Waals surface area (Å²) in [6, 6.07) is 21.6. The molecule has 0 saturated carbocycles. The van der Waals surface area contributed by atoms with Crippen LogP contribution in [0.2, 0.25) is 0 Å². The predicted molar refractivity (Wildman–Crippen MR) is 104 cm³/mol. The molecule has 1 amide bonds. The fraction of sp³-hybridized carbons (Fsp3) is 0.143. The number of aryl methyl sites for hydroxylation is 2. The minimum Gasteiger partial charge on any atom is -0.325 e. The van der Waals surface area contributed by atoms with Gasteiger partial charge in [-0.15, -0.1) is 0 Å². The van der Waals surface area contributed by atoms with Crippen LogP contribution in [0.15, 0.2) is 78.0 Å². The van der Waals surface area contributed by atoms with Crippen molar-refractivity contribution >= 4 is 23.4 Å². The van der Waals surface area contributed by atoms with Crippen molar-refractivity contribution in [2.45, 2.75) is 24.1 Å². The standard InChI is InChI=1S/C21H20N2OS/c1-15-11-12-16(2)18(14-15)23-21(24)20(17-8-4-3-5-9-17)25-19-10-6-7-13-22-19/h3-14,20H,1-2H3,(H,23,24)/t20-/m1/s1. The Morgan fingerprint density at radius 3 is 2.48 bits per heavy atom. The Kier molecular flexibility index (Phi) is 5.51. The third kappa shape index (κ3) is 4.48. The fourth-order valence-electron chi connectivity index (χ4n) is 2.51. The Hall–Kier alpha value is -2.59. The predicted octanol–water partition coefficient (Wildman–Crippen LogP) is 5.17. The van der Waals surface area contributed by atoms with Gasteiger partial charge >= 0.3 is 0 Å². The third-order valence-corrected chi connectivity index (χ3v) is 5.07. The summed E-state index contributed by atoms with van der Waals surface area (Å²) in [7, 11) is 0. The molecule has 2 aromatic carbocycles. The van der Waals surface area contributed by atoms with Crippen LogP contribution in [0.4, 0.5) is 5.69 Å². The Morgan fingerprint density at radius 1 is 1.00 bits per heavy atom. The molecule has 0 fully saturated rings. The van der Waals surface area contributed by atoms with E-state index in [2.05, 4.69) is 10.3 Å². The number of nitrogens with zero attached hydrogens (tertiary/aromatic N) is 1. The smallest absolute Gasteiger partial charge is 0.242 e. The van der Waals surface area contributed by atoms with Crippen molar-refractivity contribution in [3.8, 4) is 0 Å². The molecule has 0 aliphatic carbocycles. The second-order valence-electron chi connectivity index (χ2n) is 5.88. The number of nitrogens with one attached hydrogen (secondary N) is 1. The molecule has 0 unspecified atom stereocenters. The zero-order valence-corrected chi connectivity index (χ0v) is 15.1. The molecule has 1 atom stereocenters. The highest BCUT2D eigenvalue weighted by atomic mass is 32.2. The van der Waals surface area contributed by atoms with Gasteiger partial charge in [0.1, 0.15) is 5.25 Å². The largest absolute Gasteiger partial charge is 0.325 e. The molecule has 25 heavy (non-hydrogen) atoms. The lowest BCUT2D eigenvalue weighted by Gasteiger charge is -2.18. The number of carbonyl (C=O) groups is 1. The first-order valence-corrected chi connectivity index (χ1v) is 9.02. The van der Waals surface area contributed by atoms with Gasteiger partial charge in [-0.2, -0.15) is 0 Å². The fourth-order valence-corrected chi connectivity index (χ4v) is 3.49. The van der Waals surface area contributed by atoms with E-state index in [1.54, 1.807) is 6.20 Å². The Labute approximate surface area is 152 Å². The monoisotopic (exact) mass is 348 g/mol. The number of anilines is 1. The van der Waals surface area contributed by atoms with Gasteiger partial charge in [-0.05, 0) is 48.7 Å². The van der Waals surface area contributed by atoms with Crippen LogP contribution in [0.1, 0.15) is 21.9 Å². The van der Waals surface area contributed by atoms with Crippen LogP contribution < -0.4 is 5.32 Å². The van der Waals surface area contributed by atoms with Gasteiger partial charge in [0, 0.05) is 11.9 Å². The van der Waals surface area contributed by atoms with Gasteiger partial charge in [0.2, 0.25) is 5.91 Å². The van der Waals surface area contributed by atoms with E-state index < -0.39 is 0 Å². The maximum Gasteiger partial charge on any atom is 0.242 e. The summed E-state index contributed by atoms with van der Waals surface area (Å²) in [6.45, 7) is 4.02. The lowest BCUT2D eigenvalue weighted by atomic mass is 10.1. The van der Waals surface area contributed by atoms with Crippen molar-refractivity contribution in [1.29, 1.82) is 0 Å². The molecule has 0 saturated heterocycles. The minimum atomic E-state index is -0.365. The molecule has 1 aromatic heterocycles. The number of rotatable bonds is 5. The van der Waals surface area contributed by atoms with Crippen LogP contribution >= 0.6 is 11.8 Å². The number of aromatic nitrogens is 1. The maximum atomic E-state index is 13.0. The molecule has 3 nitrogen and oxygen atoms in total. The van der Waals surface area contributed by atoms with E-state index in [1.165, 1.54) is 11.8 Å². The van der Waals surface area contributed by atoms with Crippen LogP contribution in [-0.2, 0) is 4.79 Å². The zero-order valence-electron chi connectivity index (χ0n) is 14.3. The van der Waals surface area contributed by atoms with E-state index >= 15 is 0 Å². The van der Waals surface area contributed by atoms with Crippen LogP contribution in [0.25, 0.3) is 0 Å².